The predicted molar refractivity (Wildman–Crippen MR) is 108 cm³/mol. The van der Waals surface area contributed by atoms with E-state index in [1.165, 1.54) is 6.08 Å². The van der Waals surface area contributed by atoms with Crippen LogP contribution >= 0.6 is 11.6 Å². The number of anilines is 1. The minimum atomic E-state index is -0.281. The molecule has 0 aliphatic rings. The summed E-state index contributed by atoms with van der Waals surface area (Å²) in [7, 11) is 0. The molecule has 0 aliphatic carbocycles. The van der Waals surface area contributed by atoms with E-state index < -0.39 is 0 Å². The molecule has 0 spiro atoms. The maximum Gasteiger partial charge on any atom is 0.248 e. The second-order valence-corrected chi connectivity index (χ2v) is 6.47. The smallest absolute Gasteiger partial charge is 0.248 e. The van der Waals surface area contributed by atoms with Gasteiger partial charge in [-0.3, -0.25) is 4.79 Å². The lowest BCUT2D eigenvalue weighted by atomic mass is 10.2. The third-order valence-electron chi connectivity index (χ3n) is 4.06. The zero-order valence-electron chi connectivity index (χ0n) is 14.9. The molecule has 0 unspecified atom stereocenters. The van der Waals surface area contributed by atoms with Gasteiger partial charge in [0.15, 0.2) is 0 Å². The maximum absolute atomic E-state index is 12.2. The molecule has 0 fully saturated rings. The largest absolute Gasteiger partial charge is 0.392 e. The first kappa shape index (κ1) is 18.9. The molecule has 1 amide bonds. The summed E-state index contributed by atoms with van der Waals surface area (Å²) < 4.78 is 1.72. The van der Waals surface area contributed by atoms with Gasteiger partial charge in [-0.25, -0.2) is 4.68 Å². The molecule has 2 N–H and O–H groups in total. The Morgan fingerprint density at radius 1 is 1.19 bits per heavy atom. The van der Waals surface area contributed by atoms with Gasteiger partial charge in [-0.2, -0.15) is 5.10 Å². The molecule has 1 aromatic heterocycles. The second kappa shape index (κ2) is 8.66. The molecule has 3 rings (SSSR count). The normalized spacial score (nSPS) is 11.1. The van der Waals surface area contributed by atoms with Crippen molar-refractivity contribution in [3.05, 3.63) is 88.2 Å². The van der Waals surface area contributed by atoms with Gasteiger partial charge >= 0.3 is 0 Å². The minimum absolute atomic E-state index is 0.0745. The molecule has 138 valence electrons. The summed E-state index contributed by atoms with van der Waals surface area (Å²) in [6.45, 7) is 2.35. The summed E-state index contributed by atoms with van der Waals surface area (Å²) >= 11 is 6.45. The van der Waals surface area contributed by atoms with Crippen LogP contribution < -0.4 is 5.32 Å². The van der Waals surface area contributed by atoms with Gasteiger partial charge < -0.3 is 10.4 Å². The summed E-state index contributed by atoms with van der Waals surface area (Å²) in [6.07, 6.45) is 3.09. The number of benzene rings is 2. The Bertz CT molecular complexity index is 965. The molecule has 0 aliphatic heterocycles. The third-order valence-corrected chi connectivity index (χ3v) is 4.46. The maximum atomic E-state index is 12.2. The Hall–Kier alpha value is -2.89. The summed E-state index contributed by atoms with van der Waals surface area (Å²) in [6, 6.07) is 17.0. The fraction of sp³-hybridized carbons (Fsp3) is 0.143. The third kappa shape index (κ3) is 4.84. The van der Waals surface area contributed by atoms with E-state index in [9.17, 15) is 4.79 Å². The highest BCUT2D eigenvalue weighted by atomic mass is 35.5. The molecule has 0 radical (unpaired) electrons. The lowest BCUT2D eigenvalue weighted by Gasteiger charge is -2.04. The molecule has 6 heteroatoms. The summed E-state index contributed by atoms with van der Waals surface area (Å²) in [5.74, 6) is -0.281. The van der Waals surface area contributed by atoms with Crippen molar-refractivity contribution in [1.82, 2.24) is 9.78 Å². The van der Waals surface area contributed by atoms with Crippen molar-refractivity contribution in [2.75, 3.05) is 5.32 Å². The number of hydrogen-bond acceptors (Lipinski definition) is 3. The van der Waals surface area contributed by atoms with Gasteiger partial charge in [0, 0.05) is 17.3 Å². The molecule has 0 atom stereocenters. The van der Waals surface area contributed by atoms with Gasteiger partial charge in [0.1, 0.15) is 5.15 Å². The molecule has 5 nitrogen and oxygen atoms in total. The van der Waals surface area contributed by atoms with Crippen molar-refractivity contribution in [2.24, 2.45) is 0 Å². The lowest BCUT2D eigenvalue weighted by molar-refractivity contribution is -0.111. The number of halogens is 1. The Morgan fingerprint density at radius 3 is 2.67 bits per heavy atom. The van der Waals surface area contributed by atoms with Crippen molar-refractivity contribution in [3.8, 4) is 0 Å². The van der Waals surface area contributed by atoms with E-state index in [1.54, 1.807) is 35.0 Å². The number of aliphatic hydroxyl groups excluding tert-OH is 1. The standard InChI is InChI=1S/C21H20ClN3O2/c1-15-19(21(22)25(24-15)13-16-6-3-2-4-7-16)10-11-20(27)23-18-9-5-8-17(12-18)14-26/h2-12,26H,13-14H2,1H3,(H,23,27)/b11-10+. The Labute approximate surface area is 162 Å². The molecular weight excluding hydrogens is 362 g/mol. The van der Waals surface area contributed by atoms with Gasteiger partial charge in [0.25, 0.3) is 0 Å². The van der Waals surface area contributed by atoms with Crippen LogP contribution in [0.25, 0.3) is 6.08 Å². The summed E-state index contributed by atoms with van der Waals surface area (Å²) in [4.78, 5) is 12.2. The Morgan fingerprint density at radius 2 is 1.93 bits per heavy atom. The zero-order valence-corrected chi connectivity index (χ0v) is 15.6. The summed E-state index contributed by atoms with van der Waals surface area (Å²) in [5, 5.41) is 16.9. The zero-order chi connectivity index (χ0) is 19.2. The highest BCUT2D eigenvalue weighted by Crippen LogP contribution is 2.22. The average Bonchev–Trinajstić information content (AvgIpc) is 2.94. The number of aliphatic hydroxyl groups is 1. The van der Waals surface area contributed by atoms with E-state index in [1.807, 2.05) is 37.3 Å². The van der Waals surface area contributed by atoms with Crippen LogP contribution in [0.1, 0.15) is 22.4 Å². The first-order chi connectivity index (χ1) is 13.1. The van der Waals surface area contributed by atoms with Gasteiger partial charge in [-0.1, -0.05) is 54.1 Å². The fourth-order valence-corrected chi connectivity index (χ4v) is 3.01. The highest BCUT2D eigenvalue weighted by Gasteiger charge is 2.12. The van der Waals surface area contributed by atoms with Crippen LogP contribution in [0.5, 0.6) is 0 Å². The number of nitrogens with one attached hydrogen (secondary N) is 1. The molecular formula is C21H20ClN3O2. The monoisotopic (exact) mass is 381 g/mol. The van der Waals surface area contributed by atoms with Crippen molar-refractivity contribution in [1.29, 1.82) is 0 Å². The van der Waals surface area contributed by atoms with Crippen LogP contribution in [-0.2, 0) is 17.9 Å². The lowest BCUT2D eigenvalue weighted by Crippen LogP contribution is -2.08. The van der Waals surface area contributed by atoms with Crippen LogP contribution in [0.15, 0.2) is 60.7 Å². The van der Waals surface area contributed by atoms with E-state index in [0.717, 1.165) is 16.8 Å². The number of carbonyl (C=O) groups is 1. The van der Waals surface area contributed by atoms with Gasteiger partial charge in [0.2, 0.25) is 5.91 Å². The van der Waals surface area contributed by atoms with Crippen LogP contribution in [0.4, 0.5) is 5.69 Å². The number of amides is 1. The SMILES string of the molecule is Cc1nn(Cc2ccccc2)c(Cl)c1/C=C/C(=O)Nc1cccc(CO)c1. The first-order valence-electron chi connectivity index (χ1n) is 8.52. The average molecular weight is 382 g/mol. The van der Waals surface area contributed by atoms with Crippen molar-refractivity contribution in [2.45, 2.75) is 20.1 Å². The Kier molecular flexibility index (Phi) is 6.06. The molecule has 2 aromatic carbocycles. The number of carbonyl (C=O) groups excluding carboxylic acids is 1. The van der Waals surface area contributed by atoms with Crippen molar-refractivity contribution < 1.29 is 9.90 Å². The number of nitrogens with zero attached hydrogens (tertiary/aromatic N) is 2. The Balaban J connectivity index is 1.72. The van der Waals surface area contributed by atoms with E-state index in [2.05, 4.69) is 10.4 Å². The van der Waals surface area contributed by atoms with Crippen molar-refractivity contribution in [3.63, 3.8) is 0 Å². The quantitative estimate of drug-likeness (QED) is 0.633. The molecule has 0 bridgehead atoms. The fourth-order valence-electron chi connectivity index (χ4n) is 2.71. The van der Waals surface area contributed by atoms with E-state index in [4.69, 9.17) is 16.7 Å². The highest BCUT2D eigenvalue weighted by molar-refractivity contribution is 6.31. The molecule has 0 saturated carbocycles. The van der Waals surface area contributed by atoms with E-state index >= 15 is 0 Å². The molecule has 27 heavy (non-hydrogen) atoms. The number of rotatable bonds is 6. The molecule has 3 aromatic rings. The molecule has 0 saturated heterocycles. The van der Waals surface area contributed by atoms with Crippen LogP contribution in [0, 0.1) is 6.92 Å². The molecule has 1 heterocycles. The van der Waals surface area contributed by atoms with Crippen LogP contribution in [0.2, 0.25) is 5.15 Å². The number of hydrogen-bond donors (Lipinski definition) is 2. The number of aryl methyl sites for hydroxylation is 1. The van der Waals surface area contributed by atoms with Gasteiger partial charge in [0.05, 0.1) is 18.8 Å². The van der Waals surface area contributed by atoms with Crippen LogP contribution in [-0.4, -0.2) is 20.8 Å². The second-order valence-electron chi connectivity index (χ2n) is 6.11. The topological polar surface area (TPSA) is 67.2 Å². The van der Waals surface area contributed by atoms with E-state index in [0.29, 0.717) is 22.9 Å². The van der Waals surface area contributed by atoms with Gasteiger partial charge in [-0.05, 0) is 36.3 Å². The van der Waals surface area contributed by atoms with Crippen molar-refractivity contribution >= 4 is 29.3 Å². The van der Waals surface area contributed by atoms with Gasteiger partial charge in [-0.15, -0.1) is 0 Å². The summed E-state index contributed by atoms with van der Waals surface area (Å²) in [5.41, 5.74) is 3.92. The van der Waals surface area contributed by atoms with Crippen LogP contribution in [0.3, 0.4) is 0 Å². The number of aromatic nitrogens is 2. The predicted octanol–water partition coefficient (Wildman–Crippen LogP) is 4.04. The first-order valence-corrected chi connectivity index (χ1v) is 8.90. The van der Waals surface area contributed by atoms with E-state index in [-0.39, 0.29) is 12.5 Å². The minimum Gasteiger partial charge on any atom is -0.392 e.